The average molecular weight is 313 g/mol. The molecular formula is C14H23N3O3S. The van der Waals surface area contributed by atoms with Crippen molar-refractivity contribution in [2.24, 2.45) is 10.7 Å². The number of nitrogens with two attached hydrogens (primary N) is 1. The van der Waals surface area contributed by atoms with Gasteiger partial charge in [0.2, 0.25) is 0 Å². The number of rotatable bonds is 7. The van der Waals surface area contributed by atoms with Gasteiger partial charge in [-0.2, -0.15) is 0 Å². The lowest BCUT2D eigenvalue weighted by atomic mass is 10.1. The molecule has 0 radical (unpaired) electrons. The molecule has 7 heteroatoms. The molecule has 1 aromatic carbocycles. The Morgan fingerprint density at radius 3 is 2.43 bits per heavy atom. The summed E-state index contributed by atoms with van der Waals surface area (Å²) in [5.41, 5.74) is 7.51. The van der Waals surface area contributed by atoms with Crippen LogP contribution in [0.25, 0.3) is 0 Å². The zero-order valence-electron chi connectivity index (χ0n) is 12.7. The molecule has 0 bridgehead atoms. The van der Waals surface area contributed by atoms with E-state index in [9.17, 15) is 8.42 Å². The van der Waals surface area contributed by atoms with E-state index < -0.39 is 9.84 Å². The highest BCUT2D eigenvalue weighted by Crippen LogP contribution is 2.08. The number of hydrogen-bond donors (Lipinski definition) is 2. The van der Waals surface area contributed by atoms with Crippen molar-refractivity contribution in [3.8, 4) is 0 Å². The van der Waals surface area contributed by atoms with Crippen LogP contribution < -0.4 is 11.1 Å². The molecule has 0 spiro atoms. The minimum Gasteiger partial charge on any atom is -0.383 e. The summed E-state index contributed by atoms with van der Waals surface area (Å²) in [5, 5.41) is 3.02. The zero-order valence-corrected chi connectivity index (χ0v) is 13.5. The molecule has 0 saturated carbocycles. The van der Waals surface area contributed by atoms with E-state index in [-0.39, 0.29) is 11.8 Å². The van der Waals surface area contributed by atoms with Crippen LogP contribution in [0.15, 0.2) is 29.3 Å². The third kappa shape index (κ3) is 7.67. The Bertz CT molecular complexity index is 568. The Morgan fingerprint density at radius 2 is 1.90 bits per heavy atom. The van der Waals surface area contributed by atoms with Gasteiger partial charge in [0.1, 0.15) is 0 Å². The van der Waals surface area contributed by atoms with Crippen molar-refractivity contribution in [2.45, 2.75) is 25.3 Å². The van der Waals surface area contributed by atoms with Gasteiger partial charge < -0.3 is 15.8 Å². The SMILES string of the molecule is COCC(C)NC(N)=NCc1ccc(CS(C)(=O)=O)cc1. The number of sulfone groups is 1. The van der Waals surface area contributed by atoms with Crippen LogP contribution in [0.2, 0.25) is 0 Å². The molecule has 0 aromatic heterocycles. The van der Waals surface area contributed by atoms with Gasteiger partial charge in [0.25, 0.3) is 0 Å². The summed E-state index contributed by atoms with van der Waals surface area (Å²) in [6.07, 6.45) is 1.22. The fraction of sp³-hybridized carbons (Fsp3) is 0.500. The van der Waals surface area contributed by atoms with E-state index in [2.05, 4.69) is 10.3 Å². The minimum atomic E-state index is -3.00. The quantitative estimate of drug-likeness (QED) is 0.570. The van der Waals surface area contributed by atoms with Crippen molar-refractivity contribution in [1.29, 1.82) is 0 Å². The van der Waals surface area contributed by atoms with E-state index in [1.165, 1.54) is 6.26 Å². The first kappa shape index (κ1) is 17.5. The Morgan fingerprint density at radius 1 is 1.33 bits per heavy atom. The van der Waals surface area contributed by atoms with Crippen molar-refractivity contribution in [1.82, 2.24) is 5.32 Å². The van der Waals surface area contributed by atoms with Gasteiger partial charge >= 0.3 is 0 Å². The maximum atomic E-state index is 11.2. The molecule has 118 valence electrons. The molecule has 0 aliphatic heterocycles. The number of methoxy groups -OCH3 is 1. The standard InChI is InChI=1S/C14H23N3O3S/c1-11(9-20-2)17-14(15)16-8-12-4-6-13(7-5-12)10-21(3,18)19/h4-7,11H,8-10H2,1-3H3,(H3,15,16,17). The number of aliphatic imine (C=N–C) groups is 1. The van der Waals surface area contributed by atoms with Gasteiger partial charge in [-0.25, -0.2) is 13.4 Å². The van der Waals surface area contributed by atoms with Gasteiger partial charge in [-0.3, -0.25) is 0 Å². The second-order valence-electron chi connectivity index (χ2n) is 5.09. The first-order chi connectivity index (χ1) is 9.80. The zero-order chi connectivity index (χ0) is 15.9. The second kappa shape index (κ2) is 7.99. The molecule has 1 unspecified atom stereocenters. The van der Waals surface area contributed by atoms with Crippen LogP contribution in [0, 0.1) is 0 Å². The molecular weight excluding hydrogens is 290 g/mol. The normalized spacial score (nSPS) is 14.0. The van der Waals surface area contributed by atoms with Gasteiger partial charge in [0.05, 0.1) is 18.9 Å². The van der Waals surface area contributed by atoms with Crippen LogP contribution in [-0.2, 0) is 26.9 Å². The Balaban J connectivity index is 2.56. The molecule has 0 fully saturated rings. The molecule has 1 atom stereocenters. The lowest BCUT2D eigenvalue weighted by Crippen LogP contribution is -2.40. The van der Waals surface area contributed by atoms with Crippen LogP contribution >= 0.6 is 0 Å². The number of nitrogens with zero attached hydrogens (tertiary/aromatic N) is 1. The molecule has 0 heterocycles. The summed E-state index contributed by atoms with van der Waals surface area (Å²) >= 11 is 0. The fourth-order valence-electron chi connectivity index (χ4n) is 1.81. The number of benzene rings is 1. The molecule has 0 aliphatic carbocycles. The predicted octanol–water partition coefficient (Wildman–Crippen LogP) is 0.670. The van der Waals surface area contributed by atoms with Gasteiger partial charge in [-0.1, -0.05) is 24.3 Å². The summed E-state index contributed by atoms with van der Waals surface area (Å²) in [6.45, 7) is 2.94. The molecule has 0 saturated heterocycles. The number of guanidine groups is 1. The number of ether oxygens (including phenoxy) is 1. The maximum Gasteiger partial charge on any atom is 0.189 e. The van der Waals surface area contributed by atoms with Crippen LogP contribution in [0.1, 0.15) is 18.1 Å². The third-order valence-corrected chi connectivity index (χ3v) is 3.55. The predicted molar refractivity (Wildman–Crippen MR) is 84.8 cm³/mol. The van der Waals surface area contributed by atoms with Gasteiger partial charge in [0, 0.05) is 19.4 Å². The molecule has 0 aliphatic rings. The lowest BCUT2D eigenvalue weighted by molar-refractivity contribution is 0.179. The van der Waals surface area contributed by atoms with E-state index >= 15 is 0 Å². The summed E-state index contributed by atoms with van der Waals surface area (Å²) < 4.78 is 27.4. The van der Waals surface area contributed by atoms with E-state index in [0.29, 0.717) is 19.1 Å². The lowest BCUT2D eigenvalue weighted by Gasteiger charge is -2.13. The summed E-state index contributed by atoms with van der Waals surface area (Å²) in [6, 6.07) is 7.40. The first-order valence-electron chi connectivity index (χ1n) is 6.61. The van der Waals surface area contributed by atoms with Crippen LogP contribution in [-0.4, -0.2) is 40.4 Å². The monoisotopic (exact) mass is 313 g/mol. The topological polar surface area (TPSA) is 93.8 Å². The van der Waals surface area contributed by atoms with Crippen LogP contribution in [0.4, 0.5) is 0 Å². The van der Waals surface area contributed by atoms with Crippen LogP contribution in [0.3, 0.4) is 0 Å². The molecule has 0 amide bonds. The van der Waals surface area contributed by atoms with Crippen molar-refractivity contribution < 1.29 is 13.2 Å². The van der Waals surface area contributed by atoms with Crippen molar-refractivity contribution in [3.05, 3.63) is 35.4 Å². The smallest absolute Gasteiger partial charge is 0.189 e. The fourth-order valence-corrected chi connectivity index (χ4v) is 2.61. The Labute approximate surface area is 126 Å². The highest BCUT2D eigenvalue weighted by Gasteiger charge is 2.04. The third-order valence-electron chi connectivity index (χ3n) is 2.69. The Kier molecular flexibility index (Phi) is 6.64. The minimum absolute atomic E-state index is 0.0504. The molecule has 3 N–H and O–H groups in total. The highest BCUT2D eigenvalue weighted by atomic mass is 32.2. The van der Waals surface area contributed by atoms with Gasteiger partial charge in [0.15, 0.2) is 15.8 Å². The first-order valence-corrected chi connectivity index (χ1v) is 8.67. The highest BCUT2D eigenvalue weighted by molar-refractivity contribution is 7.89. The van der Waals surface area contributed by atoms with Gasteiger partial charge in [-0.05, 0) is 18.1 Å². The molecule has 21 heavy (non-hydrogen) atoms. The van der Waals surface area contributed by atoms with E-state index in [4.69, 9.17) is 10.5 Å². The summed E-state index contributed by atoms with van der Waals surface area (Å²) in [4.78, 5) is 4.23. The van der Waals surface area contributed by atoms with E-state index in [0.717, 1.165) is 11.1 Å². The van der Waals surface area contributed by atoms with Crippen LogP contribution in [0.5, 0.6) is 0 Å². The van der Waals surface area contributed by atoms with Crippen molar-refractivity contribution >= 4 is 15.8 Å². The van der Waals surface area contributed by atoms with Gasteiger partial charge in [-0.15, -0.1) is 0 Å². The second-order valence-corrected chi connectivity index (χ2v) is 7.23. The van der Waals surface area contributed by atoms with E-state index in [1.54, 1.807) is 19.2 Å². The van der Waals surface area contributed by atoms with Crippen molar-refractivity contribution in [2.75, 3.05) is 20.0 Å². The maximum absolute atomic E-state index is 11.2. The average Bonchev–Trinajstić information content (AvgIpc) is 2.36. The molecule has 1 aromatic rings. The Hall–Kier alpha value is -1.60. The molecule has 1 rings (SSSR count). The number of nitrogens with one attached hydrogen (secondary N) is 1. The number of hydrogen-bond acceptors (Lipinski definition) is 4. The van der Waals surface area contributed by atoms with Crippen molar-refractivity contribution in [3.63, 3.8) is 0 Å². The molecule has 6 nitrogen and oxygen atoms in total. The summed E-state index contributed by atoms with van der Waals surface area (Å²) in [7, 11) is -1.38. The van der Waals surface area contributed by atoms with E-state index in [1.807, 2.05) is 19.1 Å². The largest absolute Gasteiger partial charge is 0.383 e. The summed E-state index contributed by atoms with van der Waals surface area (Å²) in [5.74, 6) is 0.411.